The Bertz CT molecular complexity index is 892. The van der Waals surface area contributed by atoms with Gasteiger partial charge in [0, 0.05) is 25.2 Å². The number of aryl methyl sites for hydroxylation is 1. The first kappa shape index (κ1) is 20.6. The van der Waals surface area contributed by atoms with Crippen molar-refractivity contribution < 1.29 is 14.4 Å². The third kappa shape index (κ3) is 4.83. The molecule has 1 fully saturated rings. The molecule has 0 aromatic heterocycles. The Morgan fingerprint density at radius 3 is 2.48 bits per heavy atom. The summed E-state index contributed by atoms with van der Waals surface area (Å²) in [7, 11) is 0. The van der Waals surface area contributed by atoms with Crippen LogP contribution in [0.1, 0.15) is 42.6 Å². The fourth-order valence-corrected chi connectivity index (χ4v) is 3.40. The van der Waals surface area contributed by atoms with Crippen LogP contribution in [0.25, 0.3) is 0 Å². The van der Waals surface area contributed by atoms with Crippen LogP contribution in [0.2, 0.25) is 0 Å². The Morgan fingerprint density at radius 2 is 1.79 bits per heavy atom. The fraction of sp³-hybridized carbons (Fsp3) is 0.348. The zero-order valence-corrected chi connectivity index (χ0v) is 16.9. The first-order valence-corrected chi connectivity index (χ1v) is 10.1. The van der Waals surface area contributed by atoms with E-state index in [1.807, 2.05) is 31.2 Å². The predicted octanol–water partition coefficient (Wildman–Crippen LogP) is 3.38. The van der Waals surface area contributed by atoms with Crippen molar-refractivity contribution in [2.45, 2.75) is 33.1 Å². The van der Waals surface area contributed by atoms with E-state index in [0.29, 0.717) is 24.3 Å². The van der Waals surface area contributed by atoms with E-state index in [1.165, 1.54) is 5.56 Å². The van der Waals surface area contributed by atoms with Crippen LogP contribution in [-0.2, 0) is 16.0 Å². The molecule has 152 valence electrons. The Balaban J connectivity index is 1.69. The molecule has 6 nitrogen and oxygen atoms in total. The molecule has 0 aliphatic carbocycles. The third-order valence-electron chi connectivity index (χ3n) is 5.12. The van der Waals surface area contributed by atoms with Gasteiger partial charge in [-0.15, -0.1) is 0 Å². The van der Waals surface area contributed by atoms with Gasteiger partial charge in [-0.3, -0.25) is 14.4 Å². The first-order valence-electron chi connectivity index (χ1n) is 10.1. The summed E-state index contributed by atoms with van der Waals surface area (Å²) in [6.07, 6.45) is 1.93. The first-order chi connectivity index (χ1) is 14.0. The molecular formula is C23H27N3O3. The quantitative estimate of drug-likeness (QED) is 0.757. The summed E-state index contributed by atoms with van der Waals surface area (Å²) in [5.41, 5.74) is 2.89. The van der Waals surface area contributed by atoms with Crippen LogP contribution in [0.15, 0.2) is 48.5 Å². The summed E-state index contributed by atoms with van der Waals surface area (Å²) >= 11 is 0. The molecule has 3 rings (SSSR count). The minimum atomic E-state index is -0.458. The lowest BCUT2D eigenvalue weighted by molar-refractivity contribution is -0.122. The van der Waals surface area contributed by atoms with Crippen molar-refractivity contribution in [1.29, 1.82) is 0 Å². The maximum absolute atomic E-state index is 12.8. The number of hydrogen-bond donors (Lipinski definition) is 2. The minimum absolute atomic E-state index is 0.0663. The molecule has 0 radical (unpaired) electrons. The van der Waals surface area contributed by atoms with Gasteiger partial charge in [0.2, 0.25) is 11.8 Å². The van der Waals surface area contributed by atoms with Crippen molar-refractivity contribution in [3.05, 3.63) is 59.7 Å². The molecule has 2 N–H and O–H groups in total. The number of amides is 3. The Kier molecular flexibility index (Phi) is 6.65. The van der Waals surface area contributed by atoms with E-state index < -0.39 is 5.92 Å². The number of nitrogens with one attached hydrogen (secondary N) is 2. The molecule has 0 spiro atoms. The molecule has 3 amide bonds. The van der Waals surface area contributed by atoms with E-state index in [-0.39, 0.29) is 24.1 Å². The largest absolute Gasteiger partial charge is 0.352 e. The number of nitrogens with zero attached hydrogens (tertiary/aromatic N) is 1. The van der Waals surface area contributed by atoms with E-state index in [0.717, 1.165) is 18.5 Å². The lowest BCUT2D eigenvalue weighted by Crippen LogP contribution is -2.29. The summed E-state index contributed by atoms with van der Waals surface area (Å²) in [5, 5.41) is 5.67. The number of carbonyl (C=O) groups excluding carboxylic acids is 3. The van der Waals surface area contributed by atoms with Crippen LogP contribution in [0.5, 0.6) is 0 Å². The lowest BCUT2D eigenvalue weighted by Gasteiger charge is -2.17. The van der Waals surface area contributed by atoms with Gasteiger partial charge < -0.3 is 15.5 Å². The number of benzene rings is 2. The molecule has 2 aromatic rings. The van der Waals surface area contributed by atoms with Gasteiger partial charge in [0.15, 0.2) is 0 Å². The van der Waals surface area contributed by atoms with E-state index in [9.17, 15) is 14.4 Å². The number of para-hydroxylation sites is 1. The molecule has 29 heavy (non-hydrogen) atoms. The molecule has 1 heterocycles. The molecule has 0 saturated carbocycles. The summed E-state index contributed by atoms with van der Waals surface area (Å²) in [5.74, 6) is -0.992. The highest BCUT2D eigenvalue weighted by atomic mass is 16.2. The summed E-state index contributed by atoms with van der Waals surface area (Å²) < 4.78 is 0. The van der Waals surface area contributed by atoms with Gasteiger partial charge in [-0.1, -0.05) is 38.1 Å². The fourth-order valence-electron chi connectivity index (χ4n) is 3.40. The van der Waals surface area contributed by atoms with Gasteiger partial charge in [-0.25, -0.2) is 0 Å². The Hall–Kier alpha value is -3.15. The molecule has 0 bridgehead atoms. The smallest absolute Gasteiger partial charge is 0.253 e. The maximum atomic E-state index is 12.8. The van der Waals surface area contributed by atoms with Crippen molar-refractivity contribution in [2.24, 2.45) is 5.92 Å². The van der Waals surface area contributed by atoms with Gasteiger partial charge in [-0.2, -0.15) is 0 Å². The van der Waals surface area contributed by atoms with Crippen molar-refractivity contribution in [1.82, 2.24) is 5.32 Å². The highest BCUT2D eigenvalue weighted by Crippen LogP contribution is 2.27. The van der Waals surface area contributed by atoms with Gasteiger partial charge in [0.05, 0.1) is 17.2 Å². The van der Waals surface area contributed by atoms with Crippen molar-refractivity contribution >= 4 is 29.1 Å². The van der Waals surface area contributed by atoms with Crippen molar-refractivity contribution in [3.8, 4) is 0 Å². The molecule has 6 heteroatoms. The van der Waals surface area contributed by atoms with E-state index in [1.54, 1.807) is 29.2 Å². The maximum Gasteiger partial charge on any atom is 0.253 e. The summed E-state index contributed by atoms with van der Waals surface area (Å²) in [6.45, 7) is 4.97. The van der Waals surface area contributed by atoms with Crippen LogP contribution in [-0.4, -0.2) is 30.8 Å². The van der Waals surface area contributed by atoms with Gasteiger partial charge >= 0.3 is 0 Å². The van der Waals surface area contributed by atoms with Crippen molar-refractivity contribution in [2.75, 3.05) is 23.3 Å². The molecule has 1 atom stereocenters. The van der Waals surface area contributed by atoms with Crippen LogP contribution in [0.4, 0.5) is 11.4 Å². The monoisotopic (exact) mass is 393 g/mol. The Labute approximate surface area is 171 Å². The summed E-state index contributed by atoms with van der Waals surface area (Å²) in [6, 6.07) is 14.8. The molecule has 1 saturated heterocycles. The SMILES string of the molecule is CCCNC(=O)c1ccccc1NC(=O)[C@H]1CC(=O)N(c2ccc(CC)cc2)C1. The number of rotatable bonds is 7. The van der Waals surface area contributed by atoms with Crippen LogP contribution in [0.3, 0.4) is 0 Å². The predicted molar refractivity (Wildman–Crippen MR) is 114 cm³/mol. The van der Waals surface area contributed by atoms with E-state index in [4.69, 9.17) is 0 Å². The van der Waals surface area contributed by atoms with Crippen LogP contribution in [0, 0.1) is 5.92 Å². The second-order valence-electron chi connectivity index (χ2n) is 7.22. The number of hydrogen-bond acceptors (Lipinski definition) is 3. The zero-order valence-electron chi connectivity index (χ0n) is 16.9. The second-order valence-corrected chi connectivity index (χ2v) is 7.22. The van der Waals surface area contributed by atoms with E-state index >= 15 is 0 Å². The molecule has 1 aliphatic heterocycles. The highest BCUT2D eigenvalue weighted by Gasteiger charge is 2.35. The molecular weight excluding hydrogens is 366 g/mol. The molecule has 2 aromatic carbocycles. The minimum Gasteiger partial charge on any atom is -0.352 e. The van der Waals surface area contributed by atoms with Crippen molar-refractivity contribution in [3.63, 3.8) is 0 Å². The third-order valence-corrected chi connectivity index (χ3v) is 5.12. The standard InChI is InChI=1S/C23H27N3O3/c1-3-13-24-23(29)19-7-5-6-8-20(19)25-22(28)17-14-21(27)26(15-17)18-11-9-16(4-2)10-12-18/h5-12,17H,3-4,13-15H2,1-2H3,(H,24,29)(H,25,28)/t17-/m0/s1. The Morgan fingerprint density at radius 1 is 1.07 bits per heavy atom. The van der Waals surface area contributed by atoms with Gasteiger partial charge in [-0.05, 0) is 42.7 Å². The normalized spacial score (nSPS) is 16.0. The topological polar surface area (TPSA) is 78.5 Å². The zero-order chi connectivity index (χ0) is 20.8. The van der Waals surface area contributed by atoms with Crippen LogP contribution < -0.4 is 15.5 Å². The van der Waals surface area contributed by atoms with Gasteiger partial charge in [0.1, 0.15) is 0 Å². The number of carbonyl (C=O) groups is 3. The van der Waals surface area contributed by atoms with E-state index in [2.05, 4.69) is 17.6 Å². The average Bonchev–Trinajstić information content (AvgIpc) is 3.14. The second kappa shape index (κ2) is 9.37. The lowest BCUT2D eigenvalue weighted by atomic mass is 10.1. The molecule has 1 aliphatic rings. The van der Waals surface area contributed by atoms with Gasteiger partial charge in [0.25, 0.3) is 5.91 Å². The number of anilines is 2. The molecule has 0 unspecified atom stereocenters. The summed E-state index contributed by atoms with van der Waals surface area (Å²) in [4.78, 5) is 39.3. The highest BCUT2D eigenvalue weighted by molar-refractivity contribution is 6.07. The average molecular weight is 393 g/mol. The van der Waals surface area contributed by atoms with Crippen LogP contribution >= 0.6 is 0 Å².